The molecule has 2 heterocycles. The van der Waals surface area contributed by atoms with E-state index in [0.29, 0.717) is 13.2 Å². The molecule has 0 aliphatic rings. The maximum absolute atomic E-state index is 6.70. The smallest absolute Gasteiger partial charge is 0.127 e. The molecule has 0 amide bonds. The van der Waals surface area contributed by atoms with E-state index in [-0.39, 0.29) is 0 Å². The molecular formula is C46H54O2S2. The van der Waals surface area contributed by atoms with Gasteiger partial charge in [-0.3, -0.25) is 0 Å². The van der Waals surface area contributed by atoms with Crippen molar-refractivity contribution >= 4 is 44.2 Å². The zero-order valence-corrected chi connectivity index (χ0v) is 33.1. The lowest BCUT2D eigenvalue weighted by Crippen LogP contribution is -2.03. The van der Waals surface area contributed by atoms with Crippen molar-refractivity contribution in [3.8, 4) is 42.8 Å². The van der Waals surface area contributed by atoms with Gasteiger partial charge >= 0.3 is 0 Å². The topological polar surface area (TPSA) is 18.5 Å². The third-order valence-corrected chi connectivity index (χ3v) is 13.4. The van der Waals surface area contributed by atoms with Gasteiger partial charge < -0.3 is 9.47 Å². The molecule has 0 saturated heterocycles. The van der Waals surface area contributed by atoms with Crippen LogP contribution in [0, 0.1) is 41.5 Å². The van der Waals surface area contributed by atoms with Crippen molar-refractivity contribution < 1.29 is 9.47 Å². The Labute approximate surface area is 308 Å². The number of ether oxygens (including phenoxy) is 2. The molecule has 4 aromatic carbocycles. The summed E-state index contributed by atoms with van der Waals surface area (Å²) in [6.45, 7) is 19.5. The summed E-state index contributed by atoms with van der Waals surface area (Å²) in [6, 6.07) is 22.7. The zero-order chi connectivity index (χ0) is 35.4. The molecule has 50 heavy (non-hydrogen) atoms. The number of hydrogen-bond donors (Lipinski definition) is 0. The Morgan fingerprint density at radius 2 is 1.00 bits per heavy atom. The molecular weight excluding hydrogens is 649 g/mol. The largest absolute Gasteiger partial charge is 0.493 e. The molecule has 262 valence electrons. The second kappa shape index (κ2) is 16.2. The minimum absolute atomic E-state index is 0.713. The first-order chi connectivity index (χ1) is 24.2. The molecule has 0 spiro atoms. The van der Waals surface area contributed by atoms with Crippen molar-refractivity contribution in [2.24, 2.45) is 0 Å². The number of aryl methyl sites for hydroxylation is 2. The van der Waals surface area contributed by atoms with Crippen molar-refractivity contribution in [2.45, 2.75) is 107 Å². The number of unbranched alkanes of at least 4 members (excludes halogenated alkanes) is 6. The van der Waals surface area contributed by atoms with Crippen LogP contribution in [-0.4, -0.2) is 13.2 Å². The Balaban J connectivity index is 1.50. The SMILES string of the molecule is CCCCCCOc1ccc2cc(C)ccc2c1-c1c(OCCCCCC)ccc2cc(-c3sc(-c4sc(C)c(C)c4C)c(C)c3C)ccc12. The molecule has 0 fully saturated rings. The summed E-state index contributed by atoms with van der Waals surface area (Å²) in [5, 5.41) is 4.86. The molecule has 0 bridgehead atoms. The third kappa shape index (κ3) is 7.39. The quantitative estimate of drug-likeness (QED) is 0.0992. The van der Waals surface area contributed by atoms with E-state index in [1.165, 1.54) is 113 Å². The van der Waals surface area contributed by atoms with Gasteiger partial charge in [0.05, 0.1) is 13.2 Å². The normalized spacial score (nSPS) is 11.6. The summed E-state index contributed by atoms with van der Waals surface area (Å²) in [5.41, 5.74) is 10.4. The van der Waals surface area contributed by atoms with Crippen molar-refractivity contribution in [1.82, 2.24) is 0 Å². The van der Waals surface area contributed by atoms with Crippen molar-refractivity contribution in [3.05, 3.63) is 93.4 Å². The molecule has 2 aromatic heterocycles. The van der Waals surface area contributed by atoms with E-state index in [4.69, 9.17) is 9.47 Å². The fourth-order valence-corrected chi connectivity index (χ4v) is 9.82. The summed E-state index contributed by atoms with van der Waals surface area (Å²) in [7, 11) is 0. The van der Waals surface area contributed by atoms with Crippen LogP contribution >= 0.6 is 22.7 Å². The molecule has 0 atom stereocenters. The maximum atomic E-state index is 6.70. The first kappa shape index (κ1) is 36.2. The maximum Gasteiger partial charge on any atom is 0.127 e. The van der Waals surface area contributed by atoms with E-state index >= 15 is 0 Å². The predicted molar refractivity (Wildman–Crippen MR) is 221 cm³/mol. The number of rotatable bonds is 15. The van der Waals surface area contributed by atoms with Crippen molar-refractivity contribution in [3.63, 3.8) is 0 Å². The van der Waals surface area contributed by atoms with Gasteiger partial charge in [-0.25, -0.2) is 0 Å². The molecule has 0 radical (unpaired) electrons. The van der Waals surface area contributed by atoms with Gasteiger partial charge in [-0.15, -0.1) is 22.7 Å². The van der Waals surface area contributed by atoms with Gasteiger partial charge in [0.15, 0.2) is 0 Å². The number of hydrogen-bond acceptors (Lipinski definition) is 4. The van der Waals surface area contributed by atoms with E-state index in [0.717, 1.165) is 35.5 Å². The lowest BCUT2D eigenvalue weighted by atomic mass is 9.90. The lowest BCUT2D eigenvalue weighted by Gasteiger charge is -2.20. The number of fused-ring (bicyclic) bond motifs is 2. The summed E-state index contributed by atoms with van der Waals surface area (Å²) in [5.74, 6) is 1.88. The minimum atomic E-state index is 0.713. The average molecular weight is 703 g/mol. The highest BCUT2D eigenvalue weighted by Crippen LogP contribution is 2.49. The molecule has 4 heteroatoms. The molecule has 6 rings (SSSR count). The van der Waals surface area contributed by atoms with Crippen LogP contribution in [-0.2, 0) is 0 Å². The summed E-state index contributed by atoms with van der Waals surface area (Å²) >= 11 is 3.88. The van der Waals surface area contributed by atoms with E-state index in [2.05, 4.69) is 116 Å². The van der Waals surface area contributed by atoms with E-state index in [9.17, 15) is 0 Å². The van der Waals surface area contributed by atoms with Gasteiger partial charge in [0.25, 0.3) is 0 Å². The van der Waals surface area contributed by atoms with E-state index < -0.39 is 0 Å². The van der Waals surface area contributed by atoms with Gasteiger partial charge in [0.2, 0.25) is 0 Å². The van der Waals surface area contributed by atoms with Crippen LogP contribution in [0.15, 0.2) is 60.7 Å². The van der Waals surface area contributed by atoms with Crippen molar-refractivity contribution in [2.75, 3.05) is 13.2 Å². The monoisotopic (exact) mass is 702 g/mol. The van der Waals surface area contributed by atoms with Crippen LogP contribution in [0.2, 0.25) is 0 Å². The molecule has 0 unspecified atom stereocenters. The summed E-state index contributed by atoms with van der Waals surface area (Å²) < 4.78 is 13.4. The van der Waals surface area contributed by atoms with Crippen LogP contribution in [0.4, 0.5) is 0 Å². The zero-order valence-electron chi connectivity index (χ0n) is 31.5. The van der Waals surface area contributed by atoms with Crippen LogP contribution in [0.3, 0.4) is 0 Å². The molecule has 6 aromatic rings. The Bertz CT molecular complexity index is 2110. The second-order valence-electron chi connectivity index (χ2n) is 14.1. The van der Waals surface area contributed by atoms with Crippen LogP contribution in [0.25, 0.3) is 52.9 Å². The van der Waals surface area contributed by atoms with Gasteiger partial charge in [0.1, 0.15) is 11.5 Å². The highest BCUT2D eigenvalue weighted by atomic mass is 32.1. The van der Waals surface area contributed by atoms with Gasteiger partial charge in [-0.2, -0.15) is 0 Å². The number of thiophene rings is 2. The fourth-order valence-electron chi connectivity index (χ4n) is 7.10. The Hall–Kier alpha value is -3.60. The Morgan fingerprint density at radius 1 is 0.480 bits per heavy atom. The van der Waals surface area contributed by atoms with Crippen LogP contribution < -0.4 is 9.47 Å². The molecule has 2 nitrogen and oxygen atoms in total. The highest BCUT2D eigenvalue weighted by Gasteiger charge is 2.22. The fraction of sp³-hybridized carbons (Fsp3) is 0.391. The number of benzene rings is 4. The van der Waals surface area contributed by atoms with Crippen molar-refractivity contribution in [1.29, 1.82) is 0 Å². The third-order valence-electron chi connectivity index (χ3n) is 10.5. The van der Waals surface area contributed by atoms with Gasteiger partial charge in [-0.05, 0) is 122 Å². The second-order valence-corrected chi connectivity index (χ2v) is 16.3. The Kier molecular flexibility index (Phi) is 11.7. The molecule has 0 aliphatic heterocycles. The molecule has 0 saturated carbocycles. The Morgan fingerprint density at radius 3 is 1.56 bits per heavy atom. The first-order valence-electron chi connectivity index (χ1n) is 18.8. The summed E-state index contributed by atoms with van der Waals surface area (Å²) in [6.07, 6.45) is 9.41. The highest BCUT2D eigenvalue weighted by molar-refractivity contribution is 7.24. The van der Waals surface area contributed by atoms with E-state index in [1.807, 2.05) is 22.7 Å². The first-order valence-corrected chi connectivity index (χ1v) is 20.4. The van der Waals surface area contributed by atoms with Gasteiger partial charge in [0, 0.05) is 30.6 Å². The predicted octanol–water partition coefficient (Wildman–Crippen LogP) is 14.9. The standard InChI is InChI=1S/C46H54O2S2/c1-9-11-13-15-25-47-40-23-19-35-27-29(3)17-21-38(35)42(40)43-39-22-18-37(28-36(39)20-24-41(43)48-26-16-14-12-10-2)44-32(6)33(7)46(50-44)45-31(5)30(4)34(8)49-45/h17-24,27-28H,9-16,25-26H2,1-8H3. The minimum Gasteiger partial charge on any atom is -0.493 e. The molecule has 0 N–H and O–H groups in total. The average Bonchev–Trinajstić information content (AvgIpc) is 3.55. The lowest BCUT2D eigenvalue weighted by molar-refractivity contribution is 0.302. The van der Waals surface area contributed by atoms with Gasteiger partial charge in [-0.1, -0.05) is 100 Å². The van der Waals surface area contributed by atoms with Crippen LogP contribution in [0.1, 0.15) is 97.9 Å². The molecule has 0 aliphatic carbocycles. The van der Waals surface area contributed by atoms with E-state index in [1.54, 1.807) is 0 Å². The van der Waals surface area contributed by atoms with Crippen LogP contribution in [0.5, 0.6) is 11.5 Å². The summed E-state index contributed by atoms with van der Waals surface area (Å²) in [4.78, 5) is 5.61.